The van der Waals surface area contributed by atoms with Crippen LogP contribution in [0.5, 0.6) is 0 Å². The lowest BCUT2D eigenvalue weighted by Crippen LogP contribution is -2.65. The second-order valence-electron chi connectivity index (χ2n) is 7.18. The Bertz CT molecular complexity index is 749. The van der Waals surface area contributed by atoms with Gasteiger partial charge in [-0.15, -0.1) is 0 Å². The normalized spacial score (nSPS) is 28.7. The Kier molecular flexibility index (Phi) is 8.14. The van der Waals surface area contributed by atoms with Gasteiger partial charge in [-0.2, -0.15) is 0 Å². The van der Waals surface area contributed by atoms with Gasteiger partial charge in [0.05, 0.1) is 6.61 Å². The third-order valence-electron chi connectivity index (χ3n) is 5.08. The molecular formula is C22H30O8. The first kappa shape index (κ1) is 24.0. The van der Waals surface area contributed by atoms with E-state index in [1.54, 1.807) is 26.0 Å². The first-order valence-corrected chi connectivity index (χ1v) is 9.64. The van der Waals surface area contributed by atoms with Gasteiger partial charge in [0.25, 0.3) is 0 Å². The molecule has 8 nitrogen and oxygen atoms in total. The lowest BCUT2D eigenvalue weighted by atomic mass is 10.0. The lowest BCUT2D eigenvalue weighted by molar-refractivity contribution is -0.438. The van der Waals surface area contributed by atoms with Crippen molar-refractivity contribution in [3.05, 3.63) is 42.0 Å². The van der Waals surface area contributed by atoms with Crippen LogP contribution in [0, 0.1) is 0 Å². The molecule has 2 rings (SSSR count). The van der Waals surface area contributed by atoms with Crippen LogP contribution in [0.4, 0.5) is 0 Å². The predicted octanol–water partition coefficient (Wildman–Crippen LogP) is 2.70. The molecule has 0 amide bonds. The quantitative estimate of drug-likeness (QED) is 0.591. The van der Waals surface area contributed by atoms with Crippen molar-refractivity contribution in [2.45, 2.75) is 57.6 Å². The van der Waals surface area contributed by atoms with Gasteiger partial charge < -0.3 is 28.4 Å². The number of benzene rings is 1. The Hall–Kier alpha value is -2.26. The standard InChI is InChI=1S/C22H30O8/c1-15(23)28-18(13-12-17-10-8-7-9-11-17)20(29-16(2)24)19-14-27-21(3,25-5)22(4,26-6)30-19/h7-13,18-20H,14H2,1-6H3/b13-12+/t18-,19-,20-,21-,22-/m1/s1. The second kappa shape index (κ2) is 10.2. The molecule has 8 heteroatoms. The maximum absolute atomic E-state index is 11.8. The molecule has 0 bridgehead atoms. The molecule has 1 aliphatic rings. The van der Waals surface area contributed by atoms with E-state index < -0.39 is 41.8 Å². The molecule has 0 aliphatic carbocycles. The average molecular weight is 422 g/mol. The summed E-state index contributed by atoms with van der Waals surface area (Å²) in [5.41, 5.74) is 0.894. The van der Waals surface area contributed by atoms with Crippen LogP contribution in [0.25, 0.3) is 6.08 Å². The molecule has 1 aromatic carbocycles. The Balaban J connectivity index is 2.35. The van der Waals surface area contributed by atoms with E-state index in [1.807, 2.05) is 30.3 Å². The largest absolute Gasteiger partial charge is 0.455 e. The van der Waals surface area contributed by atoms with Gasteiger partial charge in [0.2, 0.25) is 11.6 Å². The van der Waals surface area contributed by atoms with Crippen LogP contribution in [0.2, 0.25) is 0 Å². The van der Waals surface area contributed by atoms with Crippen LogP contribution >= 0.6 is 0 Å². The van der Waals surface area contributed by atoms with Crippen LogP contribution < -0.4 is 0 Å². The Morgan fingerprint density at radius 1 is 1.03 bits per heavy atom. The van der Waals surface area contributed by atoms with E-state index in [1.165, 1.54) is 28.1 Å². The van der Waals surface area contributed by atoms with Gasteiger partial charge in [0.15, 0.2) is 12.2 Å². The third kappa shape index (κ3) is 5.66. The smallest absolute Gasteiger partial charge is 0.303 e. The number of ether oxygens (including phenoxy) is 6. The van der Waals surface area contributed by atoms with Gasteiger partial charge in [0.1, 0.15) is 6.10 Å². The van der Waals surface area contributed by atoms with Crippen molar-refractivity contribution >= 4 is 18.0 Å². The first-order chi connectivity index (χ1) is 14.1. The van der Waals surface area contributed by atoms with Crippen LogP contribution in [0.1, 0.15) is 33.3 Å². The Labute approximate surface area is 177 Å². The lowest BCUT2D eigenvalue weighted by Gasteiger charge is -2.50. The minimum absolute atomic E-state index is 0.0260. The van der Waals surface area contributed by atoms with E-state index in [-0.39, 0.29) is 6.61 Å². The fraction of sp³-hybridized carbons (Fsp3) is 0.545. The fourth-order valence-electron chi connectivity index (χ4n) is 3.17. The highest BCUT2D eigenvalue weighted by Crippen LogP contribution is 2.38. The van der Waals surface area contributed by atoms with Crippen molar-refractivity contribution in [3.8, 4) is 0 Å². The summed E-state index contributed by atoms with van der Waals surface area (Å²) >= 11 is 0. The summed E-state index contributed by atoms with van der Waals surface area (Å²) in [6.07, 6.45) is 0.771. The van der Waals surface area contributed by atoms with Crippen LogP contribution in [-0.2, 0) is 38.0 Å². The molecule has 1 aromatic rings. The van der Waals surface area contributed by atoms with Gasteiger partial charge in [0, 0.05) is 28.1 Å². The molecule has 5 atom stereocenters. The molecule has 1 heterocycles. The molecule has 166 valence electrons. The number of esters is 2. The maximum Gasteiger partial charge on any atom is 0.303 e. The molecule has 0 unspecified atom stereocenters. The number of hydrogen-bond acceptors (Lipinski definition) is 8. The van der Waals surface area contributed by atoms with Crippen LogP contribution in [0.15, 0.2) is 36.4 Å². The highest BCUT2D eigenvalue weighted by atomic mass is 16.8. The Morgan fingerprint density at radius 3 is 2.17 bits per heavy atom. The van der Waals surface area contributed by atoms with Crippen molar-refractivity contribution in [3.63, 3.8) is 0 Å². The molecule has 1 aliphatic heterocycles. The van der Waals surface area contributed by atoms with Crippen LogP contribution in [-0.4, -0.2) is 62.7 Å². The molecule has 0 spiro atoms. The van der Waals surface area contributed by atoms with E-state index in [0.717, 1.165) is 5.56 Å². The van der Waals surface area contributed by atoms with Crippen molar-refractivity contribution in [1.82, 2.24) is 0 Å². The van der Waals surface area contributed by atoms with Gasteiger partial charge >= 0.3 is 11.9 Å². The predicted molar refractivity (Wildman–Crippen MR) is 108 cm³/mol. The van der Waals surface area contributed by atoms with E-state index in [9.17, 15) is 9.59 Å². The molecule has 0 N–H and O–H groups in total. The summed E-state index contributed by atoms with van der Waals surface area (Å²) in [4.78, 5) is 23.6. The van der Waals surface area contributed by atoms with Crippen molar-refractivity contribution in [2.75, 3.05) is 20.8 Å². The summed E-state index contributed by atoms with van der Waals surface area (Å²) < 4.78 is 34.0. The zero-order valence-corrected chi connectivity index (χ0v) is 18.2. The number of carbonyl (C=O) groups excluding carboxylic acids is 2. The average Bonchev–Trinajstić information content (AvgIpc) is 2.72. The third-order valence-corrected chi connectivity index (χ3v) is 5.08. The zero-order valence-electron chi connectivity index (χ0n) is 18.2. The van der Waals surface area contributed by atoms with E-state index in [2.05, 4.69) is 0 Å². The molecule has 0 saturated carbocycles. The van der Waals surface area contributed by atoms with Gasteiger partial charge in [-0.1, -0.05) is 36.4 Å². The topological polar surface area (TPSA) is 89.5 Å². The minimum atomic E-state index is -1.30. The second-order valence-corrected chi connectivity index (χ2v) is 7.18. The van der Waals surface area contributed by atoms with Gasteiger partial charge in [-0.25, -0.2) is 0 Å². The molecule has 0 aromatic heterocycles. The fourth-order valence-corrected chi connectivity index (χ4v) is 3.17. The number of rotatable bonds is 8. The summed E-state index contributed by atoms with van der Waals surface area (Å²) in [6.45, 7) is 5.93. The van der Waals surface area contributed by atoms with Crippen molar-refractivity contribution < 1.29 is 38.0 Å². The summed E-state index contributed by atoms with van der Waals surface area (Å²) in [6, 6.07) is 9.46. The van der Waals surface area contributed by atoms with Crippen LogP contribution in [0.3, 0.4) is 0 Å². The highest BCUT2D eigenvalue weighted by Gasteiger charge is 2.56. The van der Waals surface area contributed by atoms with Gasteiger partial charge in [-0.05, 0) is 25.5 Å². The molecule has 1 saturated heterocycles. The van der Waals surface area contributed by atoms with Gasteiger partial charge in [-0.3, -0.25) is 9.59 Å². The minimum Gasteiger partial charge on any atom is -0.455 e. The molecular weight excluding hydrogens is 392 g/mol. The maximum atomic E-state index is 11.8. The van der Waals surface area contributed by atoms with Crippen molar-refractivity contribution in [1.29, 1.82) is 0 Å². The Morgan fingerprint density at radius 2 is 1.63 bits per heavy atom. The molecule has 30 heavy (non-hydrogen) atoms. The number of methoxy groups -OCH3 is 2. The van der Waals surface area contributed by atoms with Crippen molar-refractivity contribution in [2.24, 2.45) is 0 Å². The summed E-state index contributed by atoms with van der Waals surface area (Å²) in [5.74, 6) is -3.56. The number of carbonyl (C=O) groups is 2. The van der Waals surface area contributed by atoms with E-state index in [0.29, 0.717) is 0 Å². The summed E-state index contributed by atoms with van der Waals surface area (Å²) in [5, 5.41) is 0. The zero-order chi connectivity index (χ0) is 22.4. The monoisotopic (exact) mass is 422 g/mol. The van der Waals surface area contributed by atoms with E-state index in [4.69, 9.17) is 28.4 Å². The number of hydrogen-bond donors (Lipinski definition) is 0. The molecule has 0 radical (unpaired) electrons. The molecule has 1 fully saturated rings. The first-order valence-electron chi connectivity index (χ1n) is 9.64. The summed E-state index contributed by atoms with van der Waals surface area (Å²) in [7, 11) is 2.94. The SMILES string of the molecule is CO[C@]1(C)OC[C@H]([C@H](OC(C)=O)[C@@H](/C=C/c2ccccc2)OC(C)=O)O[C@@]1(C)OC. The highest BCUT2D eigenvalue weighted by molar-refractivity contribution is 5.68. The van der Waals surface area contributed by atoms with E-state index >= 15 is 0 Å².